The summed E-state index contributed by atoms with van der Waals surface area (Å²) in [4.78, 5) is 31.5. The SMILES string of the molecule is CC(C)c1cccc(NC(=O)CSc2nc3ccsc3c(=O)n2CCc2cccs2)c1. The van der Waals surface area contributed by atoms with Gasteiger partial charge in [-0.05, 0) is 52.9 Å². The molecule has 3 aromatic heterocycles. The molecule has 1 N–H and O–H groups in total. The smallest absolute Gasteiger partial charge is 0.272 e. The third-order valence-corrected chi connectivity index (χ3v) is 7.67. The van der Waals surface area contributed by atoms with Gasteiger partial charge in [0.15, 0.2) is 5.16 Å². The van der Waals surface area contributed by atoms with Crippen LogP contribution in [-0.2, 0) is 17.8 Å². The number of aryl methyl sites for hydroxylation is 1. The van der Waals surface area contributed by atoms with Crippen molar-refractivity contribution in [3.8, 4) is 0 Å². The Morgan fingerprint density at radius 1 is 1.16 bits per heavy atom. The summed E-state index contributed by atoms with van der Waals surface area (Å²) in [6.45, 7) is 4.79. The van der Waals surface area contributed by atoms with Crippen LogP contribution in [-0.4, -0.2) is 21.2 Å². The molecule has 5 nitrogen and oxygen atoms in total. The minimum Gasteiger partial charge on any atom is -0.325 e. The van der Waals surface area contributed by atoms with Crippen molar-refractivity contribution in [3.63, 3.8) is 0 Å². The first-order chi connectivity index (χ1) is 15.0. The summed E-state index contributed by atoms with van der Waals surface area (Å²) in [5.41, 5.74) is 2.62. The second kappa shape index (κ2) is 9.80. The minimum atomic E-state index is -0.115. The quantitative estimate of drug-likeness (QED) is 0.269. The number of carbonyl (C=O) groups excluding carboxylic acids is 1. The largest absolute Gasteiger partial charge is 0.325 e. The highest BCUT2D eigenvalue weighted by Crippen LogP contribution is 2.23. The number of rotatable bonds is 8. The Labute approximate surface area is 193 Å². The summed E-state index contributed by atoms with van der Waals surface area (Å²) in [5.74, 6) is 0.466. The molecule has 0 bridgehead atoms. The molecule has 3 heterocycles. The number of anilines is 1. The van der Waals surface area contributed by atoms with Gasteiger partial charge in [-0.1, -0.05) is 43.8 Å². The van der Waals surface area contributed by atoms with E-state index in [1.807, 2.05) is 41.1 Å². The van der Waals surface area contributed by atoms with Crippen molar-refractivity contribution < 1.29 is 4.79 Å². The van der Waals surface area contributed by atoms with Gasteiger partial charge < -0.3 is 5.32 Å². The predicted molar refractivity (Wildman–Crippen MR) is 132 cm³/mol. The van der Waals surface area contributed by atoms with Gasteiger partial charge in [0, 0.05) is 17.1 Å². The van der Waals surface area contributed by atoms with Crippen molar-refractivity contribution in [1.82, 2.24) is 9.55 Å². The molecule has 0 aliphatic carbocycles. The molecule has 1 aromatic carbocycles. The number of nitrogens with one attached hydrogen (secondary N) is 1. The number of benzene rings is 1. The molecule has 0 aliphatic rings. The van der Waals surface area contributed by atoms with Gasteiger partial charge in [-0.3, -0.25) is 14.2 Å². The van der Waals surface area contributed by atoms with Crippen LogP contribution < -0.4 is 10.9 Å². The molecule has 0 spiro atoms. The second-order valence-corrected chi connectivity index (χ2v) is 10.3. The highest BCUT2D eigenvalue weighted by Gasteiger charge is 2.15. The maximum absolute atomic E-state index is 13.0. The van der Waals surface area contributed by atoms with Crippen molar-refractivity contribution in [2.24, 2.45) is 0 Å². The monoisotopic (exact) mass is 469 g/mol. The summed E-state index contributed by atoms with van der Waals surface area (Å²) in [6, 6.07) is 13.8. The number of amides is 1. The van der Waals surface area contributed by atoms with E-state index < -0.39 is 0 Å². The molecule has 0 radical (unpaired) electrons. The minimum absolute atomic E-state index is 0.0379. The lowest BCUT2D eigenvalue weighted by Gasteiger charge is -2.12. The van der Waals surface area contributed by atoms with Crippen molar-refractivity contribution in [2.75, 3.05) is 11.1 Å². The van der Waals surface area contributed by atoms with Crippen LogP contribution in [0.4, 0.5) is 5.69 Å². The zero-order chi connectivity index (χ0) is 21.8. The molecule has 0 unspecified atom stereocenters. The lowest BCUT2D eigenvalue weighted by Crippen LogP contribution is -2.24. The summed E-state index contributed by atoms with van der Waals surface area (Å²) in [6.07, 6.45) is 0.762. The Hall–Kier alpha value is -2.42. The molecule has 4 rings (SSSR count). The number of nitrogens with zero attached hydrogens (tertiary/aromatic N) is 2. The van der Waals surface area contributed by atoms with Gasteiger partial charge in [-0.25, -0.2) is 4.98 Å². The van der Waals surface area contributed by atoms with E-state index in [0.29, 0.717) is 27.8 Å². The van der Waals surface area contributed by atoms with E-state index in [9.17, 15) is 9.59 Å². The lowest BCUT2D eigenvalue weighted by molar-refractivity contribution is -0.113. The average molecular weight is 470 g/mol. The molecule has 8 heteroatoms. The van der Waals surface area contributed by atoms with E-state index in [0.717, 1.165) is 12.1 Å². The van der Waals surface area contributed by atoms with Crippen molar-refractivity contribution in [3.05, 3.63) is 74.0 Å². The molecular formula is C23H23N3O2S3. The van der Waals surface area contributed by atoms with Crippen LogP contribution in [0.25, 0.3) is 10.2 Å². The summed E-state index contributed by atoms with van der Waals surface area (Å²) in [5, 5.41) is 7.45. The molecular weight excluding hydrogens is 446 g/mol. The summed E-state index contributed by atoms with van der Waals surface area (Å²) >= 11 is 4.39. The summed E-state index contributed by atoms with van der Waals surface area (Å²) < 4.78 is 2.36. The van der Waals surface area contributed by atoms with Gasteiger partial charge in [0.1, 0.15) is 4.70 Å². The number of thioether (sulfide) groups is 1. The maximum atomic E-state index is 13.0. The zero-order valence-electron chi connectivity index (χ0n) is 17.3. The number of hydrogen-bond acceptors (Lipinski definition) is 6. The molecule has 4 aromatic rings. The van der Waals surface area contributed by atoms with Crippen molar-refractivity contribution in [2.45, 2.75) is 37.9 Å². The van der Waals surface area contributed by atoms with Crippen LogP contribution in [0, 0.1) is 0 Å². The molecule has 0 aliphatic heterocycles. The van der Waals surface area contributed by atoms with E-state index in [1.54, 1.807) is 15.9 Å². The van der Waals surface area contributed by atoms with E-state index in [2.05, 4.69) is 36.3 Å². The number of fused-ring (bicyclic) bond motifs is 1. The van der Waals surface area contributed by atoms with Gasteiger partial charge in [0.05, 0.1) is 11.3 Å². The predicted octanol–water partition coefficient (Wildman–Crippen LogP) is 5.62. The van der Waals surface area contributed by atoms with Crippen molar-refractivity contribution >= 4 is 56.2 Å². The fraction of sp³-hybridized carbons (Fsp3) is 0.261. The van der Waals surface area contributed by atoms with E-state index in [1.165, 1.54) is 33.5 Å². The Balaban J connectivity index is 1.50. The maximum Gasteiger partial charge on any atom is 0.272 e. The molecule has 0 atom stereocenters. The van der Waals surface area contributed by atoms with Gasteiger partial charge in [-0.2, -0.15) is 0 Å². The van der Waals surface area contributed by atoms with E-state index in [4.69, 9.17) is 0 Å². The number of thiophene rings is 2. The molecule has 0 fully saturated rings. The fourth-order valence-corrected chi connectivity index (χ4v) is 5.51. The van der Waals surface area contributed by atoms with Gasteiger partial charge in [-0.15, -0.1) is 22.7 Å². The first-order valence-electron chi connectivity index (χ1n) is 10.0. The molecule has 1 amide bonds. The fourth-order valence-electron chi connectivity index (χ4n) is 3.21. The Kier molecular flexibility index (Phi) is 6.89. The van der Waals surface area contributed by atoms with Crippen LogP contribution >= 0.6 is 34.4 Å². The van der Waals surface area contributed by atoms with Gasteiger partial charge in [0.25, 0.3) is 5.56 Å². The Morgan fingerprint density at radius 3 is 2.81 bits per heavy atom. The normalized spacial score (nSPS) is 11.3. The van der Waals surface area contributed by atoms with E-state index >= 15 is 0 Å². The number of carbonyl (C=O) groups is 1. The van der Waals surface area contributed by atoms with Gasteiger partial charge >= 0.3 is 0 Å². The van der Waals surface area contributed by atoms with Crippen LogP contribution in [0.15, 0.2) is 63.2 Å². The third kappa shape index (κ3) is 5.26. The van der Waals surface area contributed by atoms with Crippen LogP contribution in [0.3, 0.4) is 0 Å². The Morgan fingerprint density at radius 2 is 2.03 bits per heavy atom. The standard InChI is InChI=1S/C23H23N3O2S3/c1-15(2)16-5-3-6-17(13-16)24-20(27)14-31-23-25-19-9-12-30-21(19)22(28)26(23)10-8-18-7-4-11-29-18/h3-7,9,11-13,15H,8,10,14H2,1-2H3,(H,24,27). The highest BCUT2D eigenvalue weighted by molar-refractivity contribution is 7.99. The molecule has 0 saturated carbocycles. The highest BCUT2D eigenvalue weighted by atomic mass is 32.2. The van der Waals surface area contributed by atoms with Crippen LogP contribution in [0.1, 0.15) is 30.2 Å². The number of hydrogen-bond donors (Lipinski definition) is 1. The first kappa shape index (κ1) is 21.8. The lowest BCUT2D eigenvalue weighted by atomic mass is 10.0. The Bertz CT molecular complexity index is 1240. The molecule has 31 heavy (non-hydrogen) atoms. The van der Waals surface area contributed by atoms with E-state index in [-0.39, 0.29) is 17.2 Å². The number of aromatic nitrogens is 2. The van der Waals surface area contributed by atoms with Gasteiger partial charge in [0.2, 0.25) is 5.91 Å². The zero-order valence-corrected chi connectivity index (χ0v) is 19.8. The second-order valence-electron chi connectivity index (χ2n) is 7.43. The first-order valence-corrected chi connectivity index (χ1v) is 12.8. The van der Waals surface area contributed by atoms with Crippen LogP contribution in [0.2, 0.25) is 0 Å². The molecule has 0 saturated heterocycles. The van der Waals surface area contributed by atoms with Crippen molar-refractivity contribution in [1.29, 1.82) is 0 Å². The van der Waals surface area contributed by atoms with Crippen LogP contribution in [0.5, 0.6) is 0 Å². The third-order valence-electron chi connectivity index (χ3n) is 4.86. The summed E-state index contributed by atoms with van der Waals surface area (Å²) in [7, 11) is 0. The topological polar surface area (TPSA) is 64.0 Å². The average Bonchev–Trinajstić information content (AvgIpc) is 3.44. The molecule has 160 valence electrons.